The number of aromatic nitrogens is 2. The van der Waals surface area contributed by atoms with Gasteiger partial charge in [-0.15, -0.1) is 0 Å². The Morgan fingerprint density at radius 3 is 2.67 bits per heavy atom. The van der Waals surface area contributed by atoms with Gasteiger partial charge in [-0.25, -0.2) is 0 Å². The Morgan fingerprint density at radius 1 is 1.33 bits per heavy atom. The van der Waals surface area contributed by atoms with Gasteiger partial charge >= 0.3 is 0 Å². The molecule has 86 valence electrons. The predicted molar refractivity (Wildman–Crippen MR) is 66.2 cm³/mol. The highest BCUT2D eigenvalue weighted by atomic mass is 32.1. The number of hydrogen-bond donors (Lipinski definition) is 2. The molecule has 5 heteroatoms. The molecule has 0 aliphatic heterocycles. The van der Waals surface area contributed by atoms with E-state index >= 15 is 0 Å². The van der Waals surface area contributed by atoms with Crippen LogP contribution >= 0.6 is 11.5 Å². The average Bonchev–Trinajstić information content (AvgIpc) is 2.61. The second-order valence-electron chi connectivity index (χ2n) is 3.73. The zero-order valence-corrected chi connectivity index (χ0v) is 10.3. The van der Waals surface area contributed by atoms with Gasteiger partial charge in [-0.05, 0) is 12.8 Å². The first-order chi connectivity index (χ1) is 7.26. The molecule has 0 saturated heterocycles. The van der Waals surface area contributed by atoms with Gasteiger partial charge in [0, 0.05) is 17.6 Å². The minimum atomic E-state index is 0.369. The molecule has 0 amide bonds. The largest absolute Gasteiger partial charge is 0.367 e. The maximum Gasteiger partial charge on any atom is 0.233 e. The summed E-state index contributed by atoms with van der Waals surface area (Å²) < 4.78 is 3.96. The van der Waals surface area contributed by atoms with Gasteiger partial charge < -0.3 is 11.1 Å². The number of nitrogens with one attached hydrogen (secondary N) is 1. The van der Waals surface area contributed by atoms with Crippen molar-refractivity contribution in [2.24, 2.45) is 0 Å². The van der Waals surface area contributed by atoms with E-state index in [1.165, 1.54) is 43.6 Å². The summed E-state index contributed by atoms with van der Waals surface area (Å²) in [4.78, 5) is 4.11. The second-order valence-corrected chi connectivity index (χ2v) is 4.48. The fraction of sp³-hybridized carbons (Fsp3) is 0.800. The van der Waals surface area contributed by atoms with E-state index in [2.05, 4.69) is 28.5 Å². The fourth-order valence-electron chi connectivity index (χ4n) is 1.56. The van der Waals surface area contributed by atoms with E-state index in [1.807, 2.05) is 0 Å². The van der Waals surface area contributed by atoms with Crippen molar-refractivity contribution in [3.05, 3.63) is 0 Å². The van der Waals surface area contributed by atoms with E-state index in [1.54, 1.807) is 0 Å². The summed E-state index contributed by atoms with van der Waals surface area (Å²) in [6.45, 7) is 4.42. The van der Waals surface area contributed by atoms with Crippen molar-refractivity contribution in [2.45, 2.75) is 52.0 Å². The van der Waals surface area contributed by atoms with Crippen LogP contribution in [0.4, 0.5) is 11.1 Å². The third-order valence-electron chi connectivity index (χ3n) is 2.31. The topological polar surface area (TPSA) is 63.8 Å². The summed E-state index contributed by atoms with van der Waals surface area (Å²) in [6.07, 6.45) is 6.06. The van der Waals surface area contributed by atoms with Gasteiger partial charge in [0.05, 0.1) is 0 Å². The second kappa shape index (κ2) is 6.61. The third kappa shape index (κ3) is 4.46. The van der Waals surface area contributed by atoms with Crippen molar-refractivity contribution in [1.29, 1.82) is 0 Å². The highest BCUT2D eigenvalue weighted by Gasteiger charge is 2.09. The monoisotopic (exact) mass is 228 g/mol. The van der Waals surface area contributed by atoms with Gasteiger partial charge in [0.15, 0.2) is 0 Å². The number of nitrogens with two attached hydrogens (primary N) is 1. The molecule has 0 saturated carbocycles. The quantitative estimate of drug-likeness (QED) is 0.753. The SMILES string of the molecule is CCCCC(CCC)Nc1nc(N)ns1. The van der Waals surface area contributed by atoms with Crippen LogP contribution in [0.2, 0.25) is 0 Å². The van der Waals surface area contributed by atoms with Crippen LogP contribution in [0.25, 0.3) is 0 Å². The van der Waals surface area contributed by atoms with Crippen molar-refractivity contribution < 1.29 is 0 Å². The van der Waals surface area contributed by atoms with Crippen LogP contribution in [0.15, 0.2) is 0 Å². The molecule has 15 heavy (non-hydrogen) atoms. The average molecular weight is 228 g/mol. The van der Waals surface area contributed by atoms with Crippen LogP contribution in [0.3, 0.4) is 0 Å². The Labute approximate surface area is 95.5 Å². The van der Waals surface area contributed by atoms with Gasteiger partial charge in [-0.2, -0.15) is 9.36 Å². The Hall–Kier alpha value is -0.840. The van der Waals surface area contributed by atoms with Crippen LogP contribution in [0.5, 0.6) is 0 Å². The Bertz CT molecular complexity index is 274. The number of rotatable bonds is 7. The molecule has 0 aliphatic rings. The predicted octanol–water partition coefficient (Wildman–Crippen LogP) is 2.89. The van der Waals surface area contributed by atoms with Crippen molar-refractivity contribution in [2.75, 3.05) is 11.1 Å². The van der Waals surface area contributed by atoms with Gasteiger partial charge in [0.25, 0.3) is 0 Å². The summed E-state index contributed by atoms with van der Waals surface area (Å²) in [5, 5.41) is 4.25. The highest BCUT2D eigenvalue weighted by Crippen LogP contribution is 2.17. The fourth-order valence-corrected chi connectivity index (χ4v) is 2.13. The summed E-state index contributed by atoms with van der Waals surface area (Å²) in [6, 6.07) is 0.516. The molecule has 1 aromatic heterocycles. The number of unbranched alkanes of at least 4 members (excludes halogenated alkanes) is 1. The summed E-state index contributed by atoms with van der Waals surface area (Å²) in [5.74, 6) is 0.369. The summed E-state index contributed by atoms with van der Waals surface area (Å²) in [7, 11) is 0. The molecule has 0 fully saturated rings. The van der Waals surface area contributed by atoms with Gasteiger partial charge in [-0.1, -0.05) is 33.1 Å². The van der Waals surface area contributed by atoms with E-state index in [4.69, 9.17) is 5.73 Å². The lowest BCUT2D eigenvalue weighted by molar-refractivity contribution is 0.564. The Balaban J connectivity index is 2.42. The number of hydrogen-bond acceptors (Lipinski definition) is 5. The molecular weight excluding hydrogens is 208 g/mol. The molecule has 0 bridgehead atoms. The van der Waals surface area contributed by atoms with E-state index in [0.717, 1.165) is 5.13 Å². The normalized spacial score (nSPS) is 12.7. The molecule has 0 aromatic carbocycles. The van der Waals surface area contributed by atoms with Crippen molar-refractivity contribution in [3.8, 4) is 0 Å². The van der Waals surface area contributed by atoms with Crippen LogP contribution in [0.1, 0.15) is 46.0 Å². The lowest BCUT2D eigenvalue weighted by Gasteiger charge is -2.16. The van der Waals surface area contributed by atoms with E-state index in [-0.39, 0.29) is 0 Å². The van der Waals surface area contributed by atoms with E-state index in [9.17, 15) is 0 Å². The van der Waals surface area contributed by atoms with E-state index in [0.29, 0.717) is 12.0 Å². The first-order valence-electron chi connectivity index (χ1n) is 5.62. The first kappa shape index (κ1) is 12.2. The van der Waals surface area contributed by atoms with Crippen LogP contribution < -0.4 is 11.1 Å². The molecule has 1 atom stereocenters. The smallest absolute Gasteiger partial charge is 0.233 e. The third-order valence-corrected chi connectivity index (χ3v) is 2.97. The van der Waals surface area contributed by atoms with Crippen LogP contribution in [-0.2, 0) is 0 Å². The molecule has 4 nitrogen and oxygen atoms in total. The standard InChI is InChI=1S/C10H20N4S/c1-3-5-7-8(6-4-2)12-10-13-9(11)14-15-10/h8H,3-7H2,1-2H3,(H3,11,12,13,14). The van der Waals surface area contributed by atoms with Crippen molar-refractivity contribution in [3.63, 3.8) is 0 Å². The molecule has 1 unspecified atom stereocenters. The van der Waals surface area contributed by atoms with Gasteiger partial charge in [0.2, 0.25) is 11.1 Å². The van der Waals surface area contributed by atoms with Crippen molar-refractivity contribution in [1.82, 2.24) is 9.36 Å². The minimum Gasteiger partial charge on any atom is -0.367 e. The van der Waals surface area contributed by atoms with Gasteiger partial charge in [0.1, 0.15) is 0 Å². The Morgan fingerprint density at radius 2 is 2.13 bits per heavy atom. The van der Waals surface area contributed by atoms with Crippen LogP contribution in [-0.4, -0.2) is 15.4 Å². The molecule has 1 aromatic rings. The first-order valence-corrected chi connectivity index (χ1v) is 6.39. The lowest BCUT2D eigenvalue weighted by atomic mass is 10.1. The maximum atomic E-state index is 5.48. The Kier molecular flexibility index (Phi) is 5.39. The summed E-state index contributed by atoms with van der Waals surface area (Å²) >= 11 is 1.34. The number of nitrogen functional groups attached to an aromatic ring is 1. The number of nitrogens with zero attached hydrogens (tertiary/aromatic N) is 2. The molecule has 0 spiro atoms. The molecular formula is C10H20N4S. The number of anilines is 2. The lowest BCUT2D eigenvalue weighted by Crippen LogP contribution is -2.19. The maximum absolute atomic E-state index is 5.48. The summed E-state index contributed by atoms with van der Waals surface area (Å²) in [5.41, 5.74) is 5.48. The molecule has 0 aliphatic carbocycles. The molecule has 0 radical (unpaired) electrons. The zero-order chi connectivity index (χ0) is 11.1. The zero-order valence-electron chi connectivity index (χ0n) is 9.49. The minimum absolute atomic E-state index is 0.369. The van der Waals surface area contributed by atoms with Crippen molar-refractivity contribution >= 4 is 22.6 Å². The van der Waals surface area contributed by atoms with Gasteiger partial charge in [-0.3, -0.25) is 0 Å². The molecule has 3 N–H and O–H groups in total. The van der Waals surface area contributed by atoms with E-state index < -0.39 is 0 Å². The highest BCUT2D eigenvalue weighted by molar-refractivity contribution is 7.09. The molecule has 1 rings (SSSR count). The molecule has 1 heterocycles. The van der Waals surface area contributed by atoms with Crippen LogP contribution in [0, 0.1) is 0 Å².